The number of fused-ring (bicyclic) bond motifs is 1. The van der Waals surface area contributed by atoms with Crippen molar-refractivity contribution >= 4 is 0 Å². The Morgan fingerprint density at radius 2 is 1.38 bits per heavy atom. The summed E-state index contributed by atoms with van der Waals surface area (Å²) in [6.07, 6.45) is 3.31. The lowest BCUT2D eigenvalue weighted by atomic mass is 10.0. The van der Waals surface area contributed by atoms with Gasteiger partial charge in [0, 0.05) is 19.6 Å². The standard InChI is InChI=1S/C19H24N2/c20-12-9-16-5-7-17(8-6-16)15-21-13-10-18-3-1-2-4-19(18)11-14-21/h1-8H,9-15,20H2. The average molecular weight is 280 g/mol. The molecule has 2 aromatic carbocycles. The Kier molecular flexibility index (Phi) is 4.69. The molecule has 3 rings (SSSR count). The van der Waals surface area contributed by atoms with E-state index in [1.165, 1.54) is 35.1 Å². The van der Waals surface area contributed by atoms with E-state index < -0.39 is 0 Å². The number of nitrogens with zero attached hydrogens (tertiary/aromatic N) is 1. The van der Waals surface area contributed by atoms with Crippen LogP contribution in [0.2, 0.25) is 0 Å². The quantitative estimate of drug-likeness (QED) is 0.933. The second kappa shape index (κ2) is 6.88. The fourth-order valence-electron chi connectivity index (χ4n) is 3.11. The molecule has 1 aliphatic rings. The molecule has 0 amide bonds. The molecule has 110 valence electrons. The highest BCUT2D eigenvalue weighted by Gasteiger charge is 2.13. The van der Waals surface area contributed by atoms with Crippen LogP contribution in [-0.2, 0) is 25.8 Å². The van der Waals surface area contributed by atoms with Gasteiger partial charge >= 0.3 is 0 Å². The zero-order valence-corrected chi connectivity index (χ0v) is 12.6. The average Bonchev–Trinajstić information content (AvgIpc) is 2.72. The second-order valence-corrected chi connectivity index (χ2v) is 5.90. The minimum absolute atomic E-state index is 0.726. The number of hydrogen-bond acceptors (Lipinski definition) is 2. The molecule has 0 unspecified atom stereocenters. The zero-order chi connectivity index (χ0) is 14.5. The number of benzene rings is 2. The van der Waals surface area contributed by atoms with E-state index in [9.17, 15) is 0 Å². The predicted molar refractivity (Wildman–Crippen MR) is 88.3 cm³/mol. The molecular weight excluding hydrogens is 256 g/mol. The second-order valence-electron chi connectivity index (χ2n) is 5.90. The van der Waals surface area contributed by atoms with Gasteiger partial charge in [0.05, 0.1) is 0 Å². The van der Waals surface area contributed by atoms with E-state index in [4.69, 9.17) is 5.73 Å². The first kappa shape index (κ1) is 14.3. The van der Waals surface area contributed by atoms with Gasteiger partial charge in [0.2, 0.25) is 0 Å². The van der Waals surface area contributed by atoms with Crippen molar-refractivity contribution in [2.75, 3.05) is 19.6 Å². The molecule has 0 fully saturated rings. The van der Waals surface area contributed by atoms with Gasteiger partial charge in [-0.25, -0.2) is 0 Å². The lowest BCUT2D eigenvalue weighted by molar-refractivity contribution is 0.279. The summed E-state index contributed by atoms with van der Waals surface area (Å²) in [4.78, 5) is 2.57. The highest BCUT2D eigenvalue weighted by atomic mass is 15.1. The maximum atomic E-state index is 5.60. The molecule has 2 N–H and O–H groups in total. The highest BCUT2D eigenvalue weighted by molar-refractivity contribution is 5.29. The van der Waals surface area contributed by atoms with Crippen LogP contribution in [0.4, 0.5) is 0 Å². The molecule has 1 heterocycles. The summed E-state index contributed by atoms with van der Waals surface area (Å²) in [6, 6.07) is 17.8. The molecule has 0 atom stereocenters. The van der Waals surface area contributed by atoms with Crippen molar-refractivity contribution in [2.45, 2.75) is 25.8 Å². The molecule has 0 aromatic heterocycles. The summed E-state index contributed by atoms with van der Waals surface area (Å²) in [5.41, 5.74) is 11.4. The number of nitrogens with two attached hydrogens (primary N) is 1. The van der Waals surface area contributed by atoms with E-state index in [0.29, 0.717) is 0 Å². The van der Waals surface area contributed by atoms with Gasteiger partial charge in [0.15, 0.2) is 0 Å². The van der Waals surface area contributed by atoms with Crippen molar-refractivity contribution in [3.63, 3.8) is 0 Å². The molecule has 0 radical (unpaired) electrons. The predicted octanol–water partition coefficient (Wildman–Crippen LogP) is 2.79. The maximum absolute atomic E-state index is 5.60. The van der Waals surface area contributed by atoms with E-state index in [1.807, 2.05) is 0 Å². The molecule has 0 saturated carbocycles. The molecule has 0 bridgehead atoms. The first-order chi connectivity index (χ1) is 10.3. The Bertz CT molecular complexity index is 547. The molecule has 0 saturated heterocycles. The lowest BCUT2D eigenvalue weighted by Crippen LogP contribution is -2.25. The van der Waals surface area contributed by atoms with Crippen LogP contribution in [0.1, 0.15) is 22.3 Å². The van der Waals surface area contributed by atoms with Gasteiger partial charge in [0.25, 0.3) is 0 Å². The first-order valence-corrected chi connectivity index (χ1v) is 7.92. The number of hydrogen-bond donors (Lipinski definition) is 1. The van der Waals surface area contributed by atoms with Crippen molar-refractivity contribution in [1.82, 2.24) is 4.90 Å². The first-order valence-electron chi connectivity index (χ1n) is 7.92. The van der Waals surface area contributed by atoms with Crippen LogP contribution in [0.15, 0.2) is 48.5 Å². The molecule has 2 heteroatoms. The van der Waals surface area contributed by atoms with E-state index in [-0.39, 0.29) is 0 Å². The fraction of sp³-hybridized carbons (Fsp3) is 0.368. The molecule has 1 aliphatic heterocycles. The van der Waals surface area contributed by atoms with Crippen LogP contribution >= 0.6 is 0 Å². The third-order valence-corrected chi connectivity index (χ3v) is 4.38. The van der Waals surface area contributed by atoms with Crippen molar-refractivity contribution in [1.29, 1.82) is 0 Å². The molecule has 0 spiro atoms. The summed E-state index contributed by atoms with van der Waals surface area (Å²) in [5.74, 6) is 0. The van der Waals surface area contributed by atoms with Crippen molar-refractivity contribution in [3.8, 4) is 0 Å². The number of rotatable bonds is 4. The van der Waals surface area contributed by atoms with Crippen molar-refractivity contribution in [2.24, 2.45) is 5.73 Å². The normalized spacial score (nSPS) is 15.5. The van der Waals surface area contributed by atoms with Gasteiger partial charge in [-0.1, -0.05) is 48.5 Å². The monoisotopic (exact) mass is 280 g/mol. The molecular formula is C19H24N2. The van der Waals surface area contributed by atoms with Crippen LogP contribution in [-0.4, -0.2) is 24.5 Å². The summed E-state index contributed by atoms with van der Waals surface area (Å²) >= 11 is 0. The van der Waals surface area contributed by atoms with Gasteiger partial charge in [-0.05, 0) is 48.1 Å². The topological polar surface area (TPSA) is 29.3 Å². The van der Waals surface area contributed by atoms with Crippen LogP contribution in [0, 0.1) is 0 Å². The van der Waals surface area contributed by atoms with Gasteiger partial charge in [-0.3, -0.25) is 4.90 Å². The summed E-state index contributed by atoms with van der Waals surface area (Å²) < 4.78 is 0. The highest BCUT2D eigenvalue weighted by Crippen LogP contribution is 2.17. The third kappa shape index (κ3) is 3.72. The smallest absolute Gasteiger partial charge is 0.0233 e. The van der Waals surface area contributed by atoms with Crippen molar-refractivity contribution in [3.05, 3.63) is 70.8 Å². The van der Waals surface area contributed by atoms with Crippen LogP contribution in [0.3, 0.4) is 0 Å². The fourth-order valence-corrected chi connectivity index (χ4v) is 3.11. The van der Waals surface area contributed by atoms with E-state index in [0.717, 1.165) is 32.6 Å². The minimum atomic E-state index is 0.726. The maximum Gasteiger partial charge on any atom is 0.0233 e. The Labute approximate surface area is 127 Å². The largest absolute Gasteiger partial charge is 0.330 e. The van der Waals surface area contributed by atoms with Gasteiger partial charge in [-0.15, -0.1) is 0 Å². The minimum Gasteiger partial charge on any atom is -0.330 e. The molecule has 2 aromatic rings. The van der Waals surface area contributed by atoms with Gasteiger partial charge in [-0.2, -0.15) is 0 Å². The summed E-state index contributed by atoms with van der Waals surface area (Å²) in [6.45, 7) is 4.09. The molecule has 2 nitrogen and oxygen atoms in total. The summed E-state index contributed by atoms with van der Waals surface area (Å²) in [5, 5.41) is 0. The zero-order valence-electron chi connectivity index (χ0n) is 12.6. The SMILES string of the molecule is NCCc1ccc(CN2CCc3ccccc3CC2)cc1. The Morgan fingerprint density at radius 1 is 0.810 bits per heavy atom. The van der Waals surface area contributed by atoms with Gasteiger partial charge < -0.3 is 5.73 Å². The Hall–Kier alpha value is -1.64. The van der Waals surface area contributed by atoms with Crippen molar-refractivity contribution < 1.29 is 0 Å². The van der Waals surface area contributed by atoms with Crippen LogP contribution < -0.4 is 5.73 Å². The van der Waals surface area contributed by atoms with E-state index in [2.05, 4.69) is 53.4 Å². The Balaban J connectivity index is 1.61. The van der Waals surface area contributed by atoms with Gasteiger partial charge in [0.1, 0.15) is 0 Å². The third-order valence-electron chi connectivity index (χ3n) is 4.38. The Morgan fingerprint density at radius 3 is 1.95 bits per heavy atom. The molecule has 21 heavy (non-hydrogen) atoms. The van der Waals surface area contributed by atoms with E-state index in [1.54, 1.807) is 0 Å². The van der Waals surface area contributed by atoms with Crippen LogP contribution in [0.5, 0.6) is 0 Å². The summed E-state index contributed by atoms with van der Waals surface area (Å²) in [7, 11) is 0. The van der Waals surface area contributed by atoms with E-state index >= 15 is 0 Å². The molecule has 0 aliphatic carbocycles. The lowest BCUT2D eigenvalue weighted by Gasteiger charge is -2.19. The van der Waals surface area contributed by atoms with Crippen LogP contribution in [0.25, 0.3) is 0 Å².